The third-order valence-electron chi connectivity index (χ3n) is 2.13. The van der Waals surface area contributed by atoms with Gasteiger partial charge in [0.15, 0.2) is 0 Å². The van der Waals surface area contributed by atoms with Gasteiger partial charge < -0.3 is 15.8 Å². The summed E-state index contributed by atoms with van der Waals surface area (Å²) in [6.45, 7) is 4.28. The number of hydrogen-bond acceptors (Lipinski definition) is 3. The summed E-state index contributed by atoms with van der Waals surface area (Å²) in [5, 5.41) is 2.89. The predicted molar refractivity (Wildman–Crippen MR) is 71.5 cm³/mol. The molecule has 0 saturated heterocycles. The van der Waals surface area contributed by atoms with Gasteiger partial charge >= 0.3 is 0 Å². The van der Waals surface area contributed by atoms with Crippen molar-refractivity contribution in [2.75, 3.05) is 19.5 Å². The molecule has 0 fully saturated rings. The number of halogens is 1. The fraction of sp³-hybridized carbons (Fsp3) is 0.417. The molecule has 0 radical (unpaired) electrons. The highest BCUT2D eigenvalue weighted by Crippen LogP contribution is 2.08. The number of amides is 1. The van der Waals surface area contributed by atoms with Crippen molar-refractivity contribution >= 4 is 24.0 Å². The molecule has 0 aliphatic heterocycles. The molecule has 0 spiro atoms. The summed E-state index contributed by atoms with van der Waals surface area (Å²) >= 11 is 0. The maximum atomic E-state index is 11.8. The highest BCUT2D eigenvalue weighted by Gasteiger charge is 2.20. The van der Waals surface area contributed by atoms with E-state index in [-0.39, 0.29) is 23.9 Å². The number of anilines is 1. The largest absolute Gasteiger partial charge is 0.399 e. The first-order chi connectivity index (χ1) is 7.44. The number of hydrogen-bond donors (Lipinski definition) is 2. The number of methoxy groups -OCH3 is 1. The summed E-state index contributed by atoms with van der Waals surface area (Å²) in [5.41, 5.74) is 6.41. The van der Waals surface area contributed by atoms with Crippen LogP contribution in [-0.2, 0) is 4.74 Å². The third kappa shape index (κ3) is 5.06. The molecule has 0 atom stereocenters. The summed E-state index contributed by atoms with van der Waals surface area (Å²) < 4.78 is 5.03. The fourth-order valence-electron chi connectivity index (χ4n) is 1.41. The third-order valence-corrected chi connectivity index (χ3v) is 2.13. The lowest BCUT2D eigenvalue weighted by Crippen LogP contribution is -2.46. The van der Waals surface area contributed by atoms with Crippen LogP contribution < -0.4 is 11.1 Å². The van der Waals surface area contributed by atoms with Gasteiger partial charge in [0, 0.05) is 18.4 Å². The average Bonchev–Trinajstić information content (AvgIpc) is 2.17. The van der Waals surface area contributed by atoms with Gasteiger partial charge in [0.2, 0.25) is 0 Å². The first-order valence-corrected chi connectivity index (χ1v) is 5.11. The van der Waals surface area contributed by atoms with Gasteiger partial charge in [0.25, 0.3) is 5.91 Å². The summed E-state index contributed by atoms with van der Waals surface area (Å²) in [6.07, 6.45) is 0. The van der Waals surface area contributed by atoms with Crippen molar-refractivity contribution in [1.82, 2.24) is 5.32 Å². The zero-order valence-corrected chi connectivity index (χ0v) is 11.1. The second kappa shape index (κ2) is 6.47. The summed E-state index contributed by atoms with van der Waals surface area (Å²) in [5.74, 6) is -0.123. The predicted octanol–water partition coefficient (Wildman–Crippen LogP) is 1.85. The Hall–Kier alpha value is -1.26. The molecule has 0 aromatic heterocycles. The van der Waals surface area contributed by atoms with Gasteiger partial charge in [-0.2, -0.15) is 0 Å². The normalized spacial score (nSPS) is 10.5. The van der Waals surface area contributed by atoms with Crippen LogP contribution in [0.2, 0.25) is 0 Å². The monoisotopic (exact) mass is 258 g/mol. The van der Waals surface area contributed by atoms with E-state index in [1.165, 1.54) is 0 Å². The van der Waals surface area contributed by atoms with E-state index in [0.717, 1.165) is 0 Å². The Kier molecular flexibility index (Phi) is 5.99. The van der Waals surface area contributed by atoms with Crippen LogP contribution in [0.4, 0.5) is 5.69 Å². The quantitative estimate of drug-likeness (QED) is 0.810. The van der Waals surface area contributed by atoms with E-state index in [4.69, 9.17) is 10.5 Å². The van der Waals surface area contributed by atoms with Crippen molar-refractivity contribution in [3.05, 3.63) is 29.8 Å². The molecule has 1 rings (SSSR count). The van der Waals surface area contributed by atoms with E-state index in [2.05, 4.69) is 5.32 Å². The van der Waals surface area contributed by atoms with Crippen molar-refractivity contribution in [2.24, 2.45) is 0 Å². The van der Waals surface area contributed by atoms with Crippen LogP contribution in [0.25, 0.3) is 0 Å². The van der Waals surface area contributed by atoms with E-state index < -0.39 is 0 Å². The number of ether oxygens (including phenoxy) is 1. The molecule has 1 aromatic rings. The summed E-state index contributed by atoms with van der Waals surface area (Å²) in [6, 6.07) is 6.82. The molecule has 1 aromatic carbocycles. The molecule has 0 bridgehead atoms. The minimum atomic E-state index is -0.382. The summed E-state index contributed by atoms with van der Waals surface area (Å²) in [7, 11) is 1.61. The van der Waals surface area contributed by atoms with Crippen LogP contribution >= 0.6 is 12.4 Å². The fourth-order valence-corrected chi connectivity index (χ4v) is 1.41. The van der Waals surface area contributed by atoms with Crippen LogP contribution in [-0.4, -0.2) is 25.2 Å². The van der Waals surface area contributed by atoms with Gasteiger partial charge in [-0.15, -0.1) is 12.4 Å². The first kappa shape index (κ1) is 15.7. The van der Waals surface area contributed by atoms with Gasteiger partial charge in [-0.3, -0.25) is 4.79 Å². The van der Waals surface area contributed by atoms with Crippen LogP contribution in [0, 0.1) is 0 Å². The van der Waals surface area contributed by atoms with E-state index in [1.807, 2.05) is 13.8 Å². The van der Waals surface area contributed by atoms with E-state index >= 15 is 0 Å². The Morgan fingerprint density at radius 1 is 1.35 bits per heavy atom. The van der Waals surface area contributed by atoms with Gasteiger partial charge in [-0.1, -0.05) is 0 Å². The lowest BCUT2D eigenvalue weighted by Gasteiger charge is -2.25. The smallest absolute Gasteiger partial charge is 0.251 e. The maximum absolute atomic E-state index is 11.8. The minimum absolute atomic E-state index is 0. The SMILES string of the molecule is COCC(C)(C)NC(=O)c1ccc(N)cc1.Cl. The Labute approximate surface area is 108 Å². The standard InChI is InChI=1S/C12H18N2O2.ClH/c1-12(2,8-16-3)14-11(15)9-4-6-10(13)7-5-9;/h4-7H,8,13H2,1-3H3,(H,14,15);1H. The zero-order valence-electron chi connectivity index (χ0n) is 10.3. The molecule has 0 heterocycles. The van der Waals surface area contributed by atoms with Crippen LogP contribution in [0.1, 0.15) is 24.2 Å². The average molecular weight is 259 g/mol. The molecule has 17 heavy (non-hydrogen) atoms. The highest BCUT2D eigenvalue weighted by molar-refractivity contribution is 5.94. The topological polar surface area (TPSA) is 64.3 Å². The van der Waals surface area contributed by atoms with Crippen LogP contribution in [0.5, 0.6) is 0 Å². The van der Waals surface area contributed by atoms with Gasteiger partial charge in [0.1, 0.15) is 0 Å². The summed E-state index contributed by atoms with van der Waals surface area (Å²) in [4.78, 5) is 11.8. The Balaban J connectivity index is 0.00000256. The number of nitrogen functional groups attached to an aromatic ring is 1. The molecule has 0 aliphatic rings. The van der Waals surface area contributed by atoms with Crippen LogP contribution in [0.15, 0.2) is 24.3 Å². The van der Waals surface area contributed by atoms with E-state index in [9.17, 15) is 4.79 Å². The molecule has 0 unspecified atom stereocenters. The van der Waals surface area contributed by atoms with Crippen molar-refractivity contribution < 1.29 is 9.53 Å². The van der Waals surface area contributed by atoms with Gasteiger partial charge in [-0.05, 0) is 38.1 Å². The molecule has 0 aliphatic carbocycles. The molecular formula is C12H19ClN2O2. The van der Waals surface area contributed by atoms with Crippen molar-refractivity contribution in [1.29, 1.82) is 0 Å². The van der Waals surface area contributed by atoms with Crippen molar-refractivity contribution in [3.63, 3.8) is 0 Å². The molecule has 1 amide bonds. The van der Waals surface area contributed by atoms with Crippen molar-refractivity contribution in [2.45, 2.75) is 19.4 Å². The molecule has 5 heteroatoms. The van der Waals surface area contributed by atoms with Gasteiger partial charge in [-0.25, -0.2) is 0 Å². The number of carbonyl (C=O) groups is 1. The van der Waals surface area contributed by atoms with Crippen LogP contribution in [0.3, 0.4) is 0 Å². The second-order valence-electron chi connectivity index (χ2n) is 4.39. The minimum Gasteiger partial charge on any atom is -0.399 e. The van der Waals surface area contributed by atoms with Crippen molar-refractivity contribution in [3.8, 4) is 0 Å². The lowest BCUT2D eigenvalue weighted by molar-refractivity contribution is 0.0820. The zero-order chi connectivity index (χ0) is 12.2. The number of benzene rings is 1. The molecular weight excluding hydrogens is 240 g/mol. The maximum Gasteiger partial charge on any atom is 0.251 e. The van der Waals surface area contributed by atoms with E-state index in [1.54, 1.807) is 31.4 Å². The Bertz CT molecular complexity index is 363. The highest BCUT2D eigenvalue weighted by atomic mass is 35.5. The first-order valence-electron chi connectivity index (χ1n) is 5.11. The Morgan fingerprint density at radius 3 is 2.35 bits per heavy atom. The molecule has 0 saturated carbocycles. The van der Waals surface area contributed by atoms with E-state index in [0.29, 0.717) is 17.9 Å². The molecule has 3 N–H and O–H groups in total. The Morgan fingerprint density at radius 2 is 1.88 bits per heavy atom. The number of rotatable bonds is 4. The lowest BCUT2D eigenvalue weighted by atomic mass is 10.1. The second-order valence-corrected chi connectivity index (χ2v) is 4.39. The van der Waals surface area contributed by atoms with Gasteiger partial charge in [0.05, 0.1) is 12.1 Å². The number of nitrogens with one attached hydrogen (secondary N) is 1. The molecule has 96 valence electrons. The molecule has 4 nitrogen and oxygen atoms in total. The number of carbonyl (C=O) groups excluding carboxylic acids is 1. The number of nitrogens with two attached hydrogens (primary N) is 1.